The zero-order valence-corrected chi connectivity index (χ0v) is 18.0. The molecule has 0 aliphatic heterocycles. The van der Waals surface area contributed by atoms with Gasteiger partial charge in [-0.3, -0.25) is 4.99 Å². The van der Waals surface area contributed by atoms with Gasteiger partial charge in [-0.2, -0.15) is 0 Å². The molecule has 0 saturated heterocycles. The molecule has 2 aromatic rings. The van der Waals surface area contributed by atoms with Crippen molar-refractivity contribution in [2.75, 3.05) is 19.0 Å². The molecule has 1 fully saturated rings. The summed E-state index contributed by atoms with van der Waals surface area (Å²) in [6.45, 7) is 1.17. The van der Waals surface area contributed by atoms with Gasteiger partial charge in [-0.25, -0.2) is 0 Å². The van der Waals surface area contributed by atoms with E-state index in [2.05, 4.69) is 16.4 Å². The number of methoxy groups -OCH3 is 1. The number of nitrogens with zero attached hydrogens (tertiary/aromatic N) is 1. The van der Waals surface area contributed by atoms with E-state index in [1.54, 1.807) is 7.11 Å². The normalized spacial score (nSPS) is 15.7. The number of halogens is 2. The largest absolute Gasteiger partial charge is 0.380 e. The maximum atomic E-state index is 6.41. The molecule has 0 radical (unpaired) electrons. The van der Waals surface area contributed by atoms with Crippen LogP contribution in [0.15, 0.2) is 53.5 Å². The molecule has 0 aromatic heterocycles. The van der Waals surface area contributed by atoms with E-state index in [0.717, 1.165) is 29.1 Å². The van der Waals surface area contributed by atoms with E-state index in [4.69, 9.17) is 22.1 Å². The second kappa shape index (κ2) is 9.58. The lowest BCUT2D eigenvalue weighted by molar-refractivity contribution is 0.185. The Morgan fingerprint density at radius 1 is 1.19 bits per heavy atom. The summed E-state index contributed by atoms with van der Waals surface area (Å²) >= 11 is 6.41. The summed E-state index contributed by atoms with van der Waals surface area (Å²) in [6.07, 6.45) is 3.38. The second-order valence-corrected chi connectivity index (χ2v) is 6.94. The molecular formula is C20H25ClIN3O. The molecule has 1 saturated carbocycles. The first-order valence-electron chi connectivity index (χ1n) is 8.53. The number of hydrogen-bond acceptors (Lipinski definition) is 2. The summed E-state index contributed by atoms with van der Waals surface area (Å²) in [5.41, 5.74) is 9.30. The Morgan fingerprint density at radius 3 is 2.54 bits per heavy atom. The summed E-state index contributed by atoms with van der Waals surface area (Å²) in [4.78, 5) is 4.62. The van der Waals surface area contributed by atoms with E-state index in [1.165, 1.54) is 12.0 Å². The Bertz CT molecular complexity index is 762. The minimum Gasteiger partial charge on any atom is -0.380 e. The zero-order valence-electron chi connectivity index (χ0n) is 14.9. The Morgan fingerprint density at radius 2 is 1.88 bits per heavy atom. The third kappa shape index (κ3) is 4.69. The van der Waals surface area contributed by atoms with E-state index in [-0.39, 0.29) is 29.4 Å². The first-order chi connectivity index (χ1) is 12.1. The molecule has 140 valence electrons. The van der Waals surface area contributed by atoms with Crippen molar-refractivity contribution < 1.29 is 4.74 Å². The number of guanidine groups is 1. The van der Waals surface area contributed by atoms with Crippen molar-refractivity contribution in [3.8, 4) is 0 Å². The molecule has 0 spiro atoms. The number of rotatable bonds is 6. The van der Waals surface area contributed by atoms with Gasteiger partial charge in [-0.1, -0.05) is 54.4 Å². The Kier molecular flexibility index (Phi) is 7.73. The SMILES string of the molecule is COCc1ccccc1NC(N)=NCC1(c2ccccc2Cl)CCC1.I. The highest BCUT2D eigenvalue weighted by molar-refractivity contribution is 14.0. The van der Waals surface area contributed by atoms with Gasteiger partial charge < -0.3 is 15.8 Å². The first-order valence-corrected chi connectivity index (χ1v) is 8.91. The molecule has 2 aromatic carbocycles. The summed E-state index contributed by atoms with van der Waals surface area (Å²) in [7, 11) is 1.68. The number of anilines is 1. The maximum absolute atomic E-state index is 6.41. The van der Waals surface area contributed by atoms with Gasteiger partial charge in [-0.15, -0.1) is 24.0 Å². The first kappa shape index (κ1) is 21.0. The third-order valence-corrected chi connectivity index (χ3v) is 5.22. The standard InChI is InChI=1S/C20H24ClN3O.HI/c1-25-13-15-7-2-5-10-18(15)24-19(22)23-14-20(11-6-12-20)16-8-3-4-9-17(16)21;/h2-5,7-10H,6,11-14H2,1H3,(H3,22,23,24);1H. The molecule has 0 amide bonds. The molecule has 0 atom stereocenters. The van der Waals surface area contributed by atoms with Crippen LogP contribution in [0.4, 0.5) is 5.69 Å². The Balaban J connectivity index is 0.00000243. The molecule has 1 aliphatic rings. The summed E-state index contributed by atoms with van der Waals surface area (Å²) < 4.78 is 5.23. The van der Waals surface area contributed by atoms with Gasteiger partial charge in [0.1, 0.15) is 0 Å². The molecule has 3 N–H and O–H groups in total. The third-order valence-electron chi connectivity index (χ3n) is 4.89. The van der Waals surface area contributed by atoms with Crippen LogP contribution >= 0.6 is 35.6 Å². The van der Waals surface area contributed by atoms with Crippen LogP contribution in [0.5, 0.6) is 0 Å². The monoisotopic (exact) mass is 485 g/mol. The fourth-order valence-corrected chi connectivity index (χ4v) is 3.68. The fourth-order valence-electron chi connectivity index (χ4n) is 3.35. The summed E-state index contributed by atoms with van der Waals surface area (Å²) in [5.74, 6) is 0.418. The van der Waals surface area contributed by atoms with Gasteiger partial charge in [-0.05, 0) is 30.5 Å². The van der Waals surface area contributed by atoms with Crippen LogP contribution in [0.25, 0.3) is 0 Å². The topological polar surface area (TPSA) is 59.6 Å². The number of aliphatic imine (C=N–C) groups is 1. The highest BCUT2D eigenvalue weighted by Gasteiger charge is 2.39. The van der Waals surface area contributed by atoms with Crippen LogP contribution in [0.1, 0.15) is 30.4 Å². The molecule has 3 rings (SSSR count). The van der Waals surface area contributed by atoms with Crippen molar-refractivity contribution in [2.45, 2.75) is 31.3 Å². The lowest BCUT2D eigenvalue weighted by Gasteiger charge is -2.41. The van der Waals surface area contributed by atoms with Crippen LogP contribution in [0.2, 0.25) is 5.02 Å². The van der Waals surface area contributed by atoms with Crippen LogP contribution in [-0.2, 0) is 16.8 Å². The quantitative estimate of drug-likeness (QED) is 0.346. The number of nitrogens with two attached hydrogens (primary N) is 1. The number of benzene rings is 2. The summed E-state index contributed by atoms with van der Waals surface area (Å²) in [5, 5.41) is 4.01. The molecule has 1 aliphatic carbocycles. The molecular weight excluding hydrogens is 461 g/mol. The minimum absolute atomic E-state index is 0. The zero-order chi connectivity index (χ0) is 17.7. The van der Waals surface area contributed by atoms with Crippen molar-refractivity contribution in [1.82, 2.24) is 0 Å². The van der Waals surface area contributed by atoms with Crippen LogP contribution in [0.3, 0.4) is 0 Å². The summed E-state index contributed by atoms with van der Waals surface area (Å²) in [6, 6.07) is 16.0. The van der Waals surface area contributed by atoms with E-state index >= 15 is 0 Å². The predicted octanol–water partition coefficient (Wildman–Crippen LogP) is 4.95. The Labute approximate surface area is 177 Å². The average molecular weight is 486 g/mol. The van der Waals surface area contributed by atoms with Crippen LogP contribution in [-0.4, -0.2) is 19.6 Å². The van der Waals surface area contributed by atoms with E-state index in [0.29, 0.717) is 19.1 Å². The lowest BCUT2D eigenvalue weighted by Crippen LogP contribution is -2.39. The molecule has 0 heterocycles. The molecule has 6 heteroatoms. The van der Waals surface area contributed by atoms with Gasteiger partial charge in [0, 0.05) is 28.8 Å². The number of ether oxygens (including phenoxy) is 1. The van der Waals surface area contributed by atoms with Crippen molar-refractivity contribution in [1.29, 1.82) is 0 Å². The van der Waals surface area contributed by atoms with Crippen molar-refractivity contribution in [3.63, 3.8) is 0 Å². The smallest absolute Gasteiger partial charge is 0.193 e. The molecule has 0 bridgehead atoms. The second-order valence-electron chi connectivity index (χ2n) is 6.53. The predicted molar refractivity (Wildman–Crippen MR) is 120 cm³/mol. The highest BCUT2D eigenvalue weighted by Crippen LogP contribution is 2.46. The van der Waals surface area contributed by atoms with E-state index in [9.17, 15) is 0 Å². The highest BCUT2D eigenvalue weighted by atomic mass is 127. The average Bonchev–Trinajstić information content (AvgIpc) is 2.57. The molecule has 26 heavy (non-hydrogen) atoms. The fraction of sp³-hybridized carbons (Fsp3) is 0.350. The van der Waals surface area contributed by atoms with Gasteiger partial charge >= 0.3 is 0 Å². The maximum Gasteiger partial charge on any atom is 0.193 e. The van der Waals surface area contributed by atoms with Crippen molar-refractivity contribution >= 4 is 47.2 Å². The van der Waals surface area contributed by atoms with Gasteiger partial charge in [0.2, 0.25) is 0 Å². The van der Waals surface area contributed by atoms with Crippen LogP contribution in [0, 0.1) is 0 Å². The molecule has 4 nitrogen and oxygen atoms in total. The molecule has 0 unspecified atom stereocenters. The number of nitrogens with one attached hydrogen (secondary N) is 1. The minimum atomic E-state index is 0. The Hall–Kier alpha value is -1.31. The lowest BCUT2D eigenvalue weighted by atomic mass is 9.64. The van der Waals surface area contributed by atoms with Gasteiger partial charge in [0.15, 0.2) is 5.96 Å². The van der Waals surface area contributed by atoms with Crippen molar-refractivity contribution in [3.05, 3.63) is 64.7 Å². The number of hydrogen-bond donors (Lipinski definition) is 2. The van der Waals surface area contributed by atoms with Crippen molar-refractivity contribution in [2.24, 2.45) is 10.7 Å². The van der Waals surface area contributed by atoms with E-state index < -0.39 is 0 Å². The van der Waals surface area contributed by atoms with Crippen LogP contribution < -0.4 is 11.1 Å². The van der Waals surface area contributed by atoms with Gasteiger partial charge in [0.25, 0.3) is 0 Å². The van der Waals surface area contributed by atoms with E-state index in [1.807, 2.05) is 42.5 Å². The number of para-hydroxylation sites is 1. The van der Waals surface area contributed by atoms with Gasteiger partial charge in [0.05, 0.1) is 13.2 Å².